The summed E-state index contributed by atoms with van der Waals surface area (Å²) >= 11 is 0. The van der Waals surface area contributed by atoms with Gasteiger partial charge in [0.1, 0.15) is 6.67 Å². The first kappa shape index (κ1) is 20.1. The SMILES string of the molecule is C=C1CN(C(=O)/C=C/CNCCF)CCN1/C(=C\CCC)C(C)=O. The Bertz CT molecular complexity index is 514. The number of piperazine rings is 1. The van der Waals surface area contributed by atoms with E-state index in [1.54, 1.807) is 17.9 Å². The fourth-order valence-corrected chi connectivity index (χ4v) is 2.48. The highest BCUT2D eigenvalue weighted by Crippen LogP contribution is 2.19. The molecule has 1 rings (SSSR count). The average Bonchev–Trinajstić information content (AvgIpc) is 2.55. The fourth-order valence-electron chi connectivity index (χ4n) is 2.48. The van der Waals surface area contributed by atoms with E-state index in [1.165, 1.54) is 6.08 Å². The van der Waals surface area contributed by atoms with Gasteiger partial charge in [-0.15, -0.1) is 0 Å². The zero-order valence-electron chi connectivity index (χ0n) is 14.7. The number of halogens is 1. The molecule has 134 valence electrons. The Morgan fingerprint density at radius 3 is 2.71 bits per heavy atom. The van der Waals surface area contributed by atoms with E-state index in [0.29, 0.717) is 31.9 Å². The van der Waals surface area contributed by atoms with Crippen molar-refractivity contribution in [3.63, 3.8) is 0 Å². The number of carbonyl (C=O) groups is 2. The number of nitrogens with one attached hydrogen (secondary N) is 1. The molecule has 1 N–H and O–H groups in total. The van der Waals surface area contributed by atoms with Crippen molar-refractivity contribution in [2.45, 2.75) is 26.7 Å². The normalized spacial score (nSPS) is 16.1. The summed E-state index contributed by atoms with van der Waals surface area (Å²) in [7, 11) is 0. The molecule has 1 fully saturated rings. The van der Waals surface area contributed by atoms with E-state index in [-0.39, 0.29) is 18.2 Å². The van der Waals surface area contributed by atoms with Crippen LogP contribution in [0.3, 0.4) is 0 Å². The van der Waals surface area contributed by atoms with E-state index in [0.717, 1.165) is 18.5 Å². The molecule has 0 radical (unpaired) electrons. The van der Waals surface area contributed by atoms with Crippen LogP contribution in [0.2, 0.25) is 0 Å². The van der Waals surface area contributed by atoms with Crippen LogP contribution in [0.4, 0.5) is 4.39 Å². The molecule has 24 heavy (non-hydrogen) atoms. The van der Waals surface area contributed by atoms with Gasteiger partial charge >= 0.3 is 0 Å². The zero-order valence-corrected chi connectivity index (χ0v) is 14.7. The van der Waals surface area contributed by atoms with Crippen LogP contribution in [0, 0.1) is 0 Å². The Labute approximate surface area is 143 Å². The molecular formula is C18H28FN3O2. The number of alkyl halides is 1. The van der Waals surface area contributed by atoms with Gasteiger partial charge in [0.05, 0.1) is 12.2 Å². The van der Waals surface area contributed by atoms with Gasteiger partial charge < -0.3 is 15.1 Å². The molecule has 6 heteroatoms. The topological polar surface area (TPSA) is 52.7 Å². The zero-order chi connectivity index (χ0) is 17.9. The smallest absolute Gasteiger partial charge is 0.246 e. The maximum absolute atomic E-state index is 12.2. The van der Waals surface area contributed by atoms with Crippen LogP contribution < -0.4 is 5.32 Å². The number of amides is 1. The third-order valence-corrected chi connectivity index (χ3v) is 3.73. The van der Waals surface area contributed by atoms with Crippen LogP contribution in [0.15, 0.2) is 36.2 Å². The van der Waals surface area contributed by atoms with Crippen molar-refractivity contribution in [1.82, 2.24) is 15.1 Å². The van der Waals surface area contributed by atoms with Gasteiger partial charge in [-0.2, -0.15) is 0 Å². The number of hydrogen-bond acceptors (Lipinski definition) is 4. The summed E-state index contributed by atoms with van der Waals surface area (Å²) in [6, 6.07) is 0. The van der Waals surface area contributed by atoms with Crippen molar-refractivity contribution < 1.29 is 14.0 Å². The molecular weight excluding hydrogens is 309 g/mol. The number of ketones is 1. The second-order valence-electron chi connectivity index (χ2n) is 5.71. The first-order valence-corrected chi connectivity index (χ1v) is 8.39. The number of nitrogens with zero attached hydrogens (tertiary/aromatic N) is 2. The first-order chi connectivity index (χ1) is 11.5. The molecule has 1 heterocycles. The van der Waals surface area contributed by atoms with Gasteiger partial charge in [0.25, 0.3) is 0 Å². The Morgan fingerprint density at radius 2 is 2.12 bits per heavy atom. The maximum Gasteiger partial charge on any atom is 0.246 e. The fraction of sp³-hybridized carbons (Fsp3) is 0.556. The van der Waals surface area contributed by atoms with Crippen LogP contribution in [-0.2, 0) is 9.59 Å². The molecule has 0 bridgehead atoms. The molecule has 0 aromatic rings. The lowest BCUT2D eigenvalue weighted by Gasteiger charge is -2.38. The summed E-state index contributed by atoms with van der Waals surface area (Å²) in [5, 5.41) is 2.85. The van der Waals surface area contributed by atoms with Gasteiger partial charge in [0.2, 0.25) is 5.91 Å². The summed E-state index contributed by atoms with van der Waals surface area (Å²) in [5.74, 6) is -0.0806. The van der Waals surface area contributed by atoms with Gasteiger partial charge in [0, 0.05) is 44.9 Å². The van der Waals surface area contributed by atoms with E-state index in [2.05, 4.69) is 18.8 Å². The van der Waals surface area contributed by atoms with Gasteiger partial charge in [-0.3, -0.25) is 9.59 Å². The Balaban J connectivity index is 2.60. The van der Waals surface area contributed by atoms with Crippen molar-refractivity contribution in [3.8, 4) is 0 Å². The van der Waals surface area contributed by atoms with Crippen LogP contribution in [0.5, 0.6) is 0 Å². The Morgan fingerprint density at radius 1 is 1.38 bits per heavy atom. The summed E-state index contributed by atoms with van der Waals surface area (Å²) in [5.41, 5.74) is 1.41. The molecule has 1 aliphatic rings. The predicted octanol–water partition coefficient (Wildman–Crippen LogP) is 2.03. The minimum absolute atomic E-state index is 0.0169. The quantitative estimate of drug-likeness (QED) is 0.517. The molecule has 1 aliphatic heterocycles. The lowest BCUT2D eigenvalue weighted by Crippen LogP contribution is -2.46. The van der Waals surface area contributed by atoms with Crippen LogP contribution >= 0.6 is 0 Å². The van der Waals surface area contributed by atoms with Crippen molar-refractivity contribution >= 4 is 11.7 Å². The standard InChI is InChI=1S/C18H28FN3O2/c1-4-5-7-17(16(3)23)22-13-12-21(14-15(22)2)18(24)8-6-10-20-11-9-19/h6-8,20H,2,4-5,9-14H2,1,3H3/b8-6+,17-7-. The number of Topliss-reactive ketones (excluding diaryl/α,β-unsaturated/α-hetero) is 1. The van der Waals surface area contributed by atoms with Gasteiger partial charge in [-0.05, 0) is 6.42 Å². The van der Waals surface area contributed by atoms with Crippen LogP contribution in [0.25, 0.3) is 0 Å². The molecule has 0 aromatic carbocycles. The van der Waals surface area contributed by atoms with Crippen LogP contribution in [0.1, 0.15) is 26.7 Å². The van der Waals surface area contributed by atoms with E-state index >= 15 is 0 Å². The van der Waals surface area contributed by atoms with Crippen LogP contribution in [-0.4, -0.2) is 60.9 Å². The number of allylic oxidation sites excluding steroid dienone is 2. The summed E-state index contributed by atoms with van der Waals surface area (Å²) < 4.78 is 11.9. The molecule has 1 amide bonds. The highest BCUT2D eigenvalue weighted by atomic mass is 19.1. The number of rotatable bonds is 9. The molecule has 0 unspecified atom stereocenters. The third-order valence-electron chi connectivity index (χ3n) is 3.73. The molecule has 0 aromatic heterocycles. The molecule has 0 spiro atoms. The summed E-state index contributed by atoms with van der Waals surface area (Å²) in [4.78, 5) is 27.6. The molecule has 5 nitrogen and oxygen atoms in total. The average molecular weight is 337 g/mol. The molecule has 0 saturated carbocycles. The van der Waals surface area contributed by atoms with E-state index in [1.807, 2.05) is 11.0 Å². The Hall–Kier alpha value is -1.95. The second kappa shape index (κ2) is 10.8. The number of carbonyl (C=O) groups excluding carboxylic acids is 2. The second-order valence-corrected chi connectivity index (χ2v) is 5.71. The molecule has 1 saturated heterocycles. The van der Waals surface area contributed by atoms with E-state index in [9.17, 15) is 14.0 Å². The van der Waals surface area contributed by atoms with Crippen molar-refractivity contribution in [1.29, 1.82) is 0 Å². The minimum Gasteiger partial charge on any atom is -0.340 e. The van der Waals surface area contributed by atoms with Crippen molar-refractivity contribution in [2.75, 3.05) is 39.4 Å². The highest BCUT2D eigenvalue weighted by molar-refractivity contribution is 5.93. The predicted molar refractivity (Wildman–Crippen MR) is 94.1 cm³/mol. The lowest BCUT2D eigenvalue weighted by atomic mass is 10.1. The number of hydrogen-bond donors (Lipinski definition) is 1. The van der Waals surface area contributed by atoms with Gasteiger partial charge in [0.15, 0.2) is 5.78 Å². The van der Waals surface area contributed by atoms with Crippen molar-refractivity contribution in [2.24, 2.45) is 0 Å². The highest BCUT2D eigenvalue weighted by Gasteiger charge is 2.25. The first-order valence-electron chi connectivity index (χ1n) is 8.39. The van der Waals surface area contributed by atoms with Gasteiger partial charge in [-0.1, -0.05) is 32.1 Å². The summed E-state index contributed by atoms with van der Waals surface area (Å²) in [6.45, 7) is 9.47. The number of unbranched alkanes of at least 4 members (excludes halogenated alkanes) is 1. The Kier molecular flexibility index (Phi) is 9.01. The lowest BCUT2D eigenvalue weighted by molar-refractivity contribution is -0.126. The molecule has 0 atom stereocenters. The third kappa shape index (κ3) is 6.28. The molecule has 0 aliphatic carbocycles. The largest absolute Gasteiger partial charge is 0.340 e. The minimum atomic E-state index is -0.423. The summed E-state index contributed by atoms with van der Waals surface area (Å²) in [6.07, 6.45) is 6.95. The maximum atomic E-state index is 12.2. The monoisotopic (exact) mass is 337 g/mol. The van der Waals surface area contributed by atoms with Gasteiger partial charge in [-0.25, -0.2) is 4.39 Å². The van der Waals surface area contributed by atoms with E-state index in [4.69, 9.17) is 0 Å². The van der Waals surface area contributed by atoms with Crippen molar-refractivity contribution in [3.05, 3.63) is 36.2 Å². The van der Waals surface area contributed by atoms with E-state index < -0.39 is 6.67 Å².